The lowest BCUT2D eigenvalue weighted by atomic mass is 10.2. The van der Waals surface area contributed by atoms with E-state index in [1.807, 2.05) is 0 Å². The van der Waals surface area contributed by atoms with Crippen molar-refractivity contribution in [1.29, 1.82) is 0 Å². The van der Waals surface area contributed by atoms with E-state index in [0.29, 0.717) is 11.3 Å². The fourth-order valence-corrected chi connectivity index (χ4v) is 1.81. The van der Waals surface area contributed by atoms with Gasteiger partial charge in [-0.2, -0.15) is 0 Å². The van der Waals surface area contributed by atoms with Gasteiger partial charge in [-0.25, -0.2) is 8.78 Å². The topological polar surface area (TPSA) is 35.2 Å². The normalized spacial score (nSPS) is 10.4. The van der Waals surface area contributed by atoms with Crippen molar-refractivity contribution in [2.45, 2.75) is 6.54 Å². The minimum absolute atomic E-state index is 0.0810. The van der Waals surface area contributed by atoms with Gasteiger partial charge in [0.25, 0.3) is 0 Å². The summed E-state index contributed by atoms with van der Waals surface area (Å²) in [5.41, 5.74) is 5.72. The molecule has 94 valence electrons. The number of rotatable bonds is 3. The Morgan fingerprint density at radius 1 is 1.06 bits per heavy atom. The van der Waals surface area contributed by atoms with Gasteiger partial charge < -0.3 is 10.5 Å². The van der Waals surface area contributed by atoms with Gasteiger partial charge in [0.2, 0.25) is 0 Å². The Bertz CT molecular complexity index is 534. The molecule has 2 aromatic rings. The van der Waals surface area contributed by atoms with Crippen LogP contribution in [0.5, 0.6) is 11.5 Å². The van der Waals surface area contributed by atoms with Crippen molar-refractivity contribution in [3.63, 3.8) is 0 Å². The first-order valence-electron chi connectivity index (χ1n) is 5.21. The maximum Gasteiger partial charge on any atom is 0.198 e. The number of ether oxygens (including phenoxy) is 1. The number of nitrogens with two attached hydrogens (primary N) is 1. The lowest BCUT2D eigenvalue weighted by molar-refractivity contribution is 0.406. The zero-order valence-electron chi connectivity index (χ0n) is 9.29. The number of hydrogen-bond donors (Lipinski definition) is 1. The average Bonchev–Trinajstić information content (AvgIpc) is 2.35. The molecule has 0 aromatic heterocycles. The summed E-state index contributed by atoms with van der Waals surface area (Å²) in [7, 11) is 0. The van der Waals surface area contributed by atoms with Gasteiger partial charge in [-0.3, -0.25) is 0 Å². The zero-order valence-corrected chi connectivity index (χ0v) is 11.4. The van der Waals surface area contributed by atoms with Crippen molar-refractivity contribution in [2.24, 2.45) is 5.73 Å². The standard InChI is InChI=1S/C13H10F2INO/c14-11-5-8(7-17)6-12(15)13(11)18-10-3-1-9(16)2-4-10/h1-6H,7,17H2. The first kappa shape index (κ1) is 13.2. The fraction of sp³-hybridized carbons (Fsp3) is 0.0769. The van der Waals surface area contributed by atoms with Crippen LogP contribution >= 0.6 is 22.6 Å². The molecular weight excluding hydrogens is 351 g/mol. The van der Waals surface area contributed by atoms with E-state index >= 15 is 0 Å². The van der Waals surface area contributed by atoms with Crippen LogP contribution in [0.15, 0.2) is 36.4 Å². The van der Waals surface area contributed by atoms with Crippen molar-refractivity contribution in [3.8, 4) is 11.5 Å². The largest absolute Gasteiger partial charge is 0.451 e. The molecule has 2 aromatic carbocycles. The highest BCUT2D eigenvalue weighted by molar-refractivity contribution is 14.1. The van der Waals surface area contributed by atoms with Crippen molar-refractivity contribution < 1.29 is 13.5 Å². The van der Waals surface area contributed by atoms with E-state index < -0.39 is 17.4 Å². The van der Waals surface area contributed by atoms with E-state index in [0.717, 1.165) is 3.57 Å². The van der Waals surface area contributed by atoms with Crippen LogP contribution in [0.4, 0.5) is 8.78 Å². The van der Waals surface area contributed by atoms with Gasteiger partial charge in [-0.15, -0.1) is 0 Å². The molecule has 0 radical (unpaired) electrons. The third-order valence-corrected chi connectivity index (χ3v) is 3.05. The number of benzene rings is 2. The SMILES string of the molecule is NCc1cc(F)c(Oc2ccc(I)cc2)c(F)c1. The van der Waals surface area contributed by atoms with Gasteiger partial charge >= 0.3 is 0 Å². The maximum absolute atomic E-state index is 13.6. The van der Waals surface area contributed by atoms with Crippen LogP contribution in [0, 0.1) is 15.2 Å². The Morgan fingerprint density at radius 2 is 1.61 bits per heavy atom. The van der Waals surface area contributed by atoms with Crippen molar-refractivity contribution in [2.75, 3.05) is 0 Å². The van der Waals surface area contributed by atoms with Crippen LogP contribution in [0.25, 0.3) is 0 Å². The quantitative estimate of drug-likeness (QED) is 0.844. The average molecular weight is 361 g/mol. The van der Waals surface area contributed by atoms with Gasteiger partial charge in [0.15, 0.2) is 17.4 Å². The van der Waals surface area contributed by atoms with E-state index in [-0.39, 0.29) is 6.54 Å². The third-order valence-electron chi connectivity index (χ3n) is 2.33. The van der Waals surface area contributed by atoms with Crippen LogP contribution < -0.4 is 10.5 Å². The Hall–Kier alpha value is -1.21. The molecular formula is C13H10F2INO. The Kier molecular flexibility index (Phi) is 4.13. The molecule has 18 heavy (non-hydrogen) atoms. The second-order valence-corrected chi connectivity index (χ2v) is 4.89. The molecule has 0 aliphatic carbocycles. The van der Waals surface area contributed by atoms with Gasteiger partial charge in [0.05, 0.1) is 0 Å². The monoisotopic (exact) mass is 361 g/mol. The van der Waals surface area contributed by atoms with Crippen LogP contribution in [-0.4, -0.2) is 0 Å². The summed E-state index contributed by atoms with van der Waals surface area (Å²) in [6.45, 7) is 0.0810. The molecule has 0 aliphatic heterocycles. The Balaban J connectivity index is 2.31. The molecule has 0 saturated heterocycles. The zero-order chi connectivity index (χ0) is 13.1. The highest BCUT2D eigenvalue weighted by Gasteiger charge is 2.13. The first-order chi connectivity index (χ1) is 8.60. The molecule has 0 unspecified atom stereocenters. The van der Waals surface area contributed by atoms with Gasteiger partial charge in [-0.1, -0.05) is 0 Å². The molecule has 0 atom stereocenters. The van der Waals surface area contributed by atoms with E-state index in [4.69, 9.17) is 10.5 Å². The Labute approximate surface area is 117 Å². The van der Waals surface area contributed by atoms with Crippen LogP contribution in [0.2, 0.25) is 0 Å². The van der Waals surface area contributed by atoms with E-state index in [2.05, 4.69) is 22.6 Å². The van der Waals surface area contributed by atoms with Crippen molar-refractivity contribution in [1.82, 2.24) is 0 Å². The minimum atomic E-state index is -0.756. The van der Waals surface area contributed by atoms with E-state index in [9.17, 15) is 8.78 Å². The van der Waals surface area contributed by atoms with Gasteiger partial charge in [-0.05, 0) is 64.6 Å². The molecule has 0 saturated carbocycles. The van der Waals surface area contributed by atoms with Crippen LogP contribution in [0.1, 0.15) is 5.56 Å². The van der Waals surface area contributed by atoms with Crippen molar-refractivity contribution >= 4 is 22.6 Å². The Morgan fingerprint density at radius 3 is 2.11 bits per heavy atom. The van der Waals surface area contributed by atoms with E-state index in [1.165, 1.54) is 12.1 Å². The number of halogens is 3. The molecule has 0 heterocycles. The fourth-order valence-electron chi connectivity index (χ4n) is 1.45. The molecule has 5 heteroatoms. The molecule has 2 nitrogen and oxygen atoms in total. The molecule has 0 bridgehead atoms. The molecule has 2 rings (SSSR count). The van der Waals surface area contributed by atoms with Crippen LogP contribution in [-0.2, 0) is 6.54 Å². The second kappa shape index (κ2) is 5.62. The summed E-state index contributed by atoms with van der Waals surface area (Å²) in [5, 5.41) is 0. The lowest BCUT2D eigenvalue weighted by Gasteiger charge is -2.09. The highest BCUT2D eigenvalue weighted by Crippen LogP contribution is 2.28. The first-order valence-corrected chi connectivity index (χ1v) is 6.29. The minimum Gasteiger partial charge on any atom is -0.451 e. The van der Waals surface area contributed by atoms with Crippen LogP contribution in [0.3, 0.4) is 0 Å². The molecule has 0 fully saturated rings. The third kappa shape index (κ3) is 2.97. The summed E-state index contributed by atoms with van der Waals surface area (Å²) in [6, 6.07) is 9.23. The summed E-state index contributed by atoms with van der Waals surface area (Å²) < 4.78 is 33.5. The lowest BCUT2D eigenvalue weighted by Crippen LogP contribution is -2.00. The van der Waals surface area contributed by atoms with E-state index in [1.54, 1.807) is 24.3 Å². The molecule has 0 amide bonds. The highest BCUT2D eigenvalue weighted by atomic mass is 127. The molecule has 0 spiro atoms. The summed E-state index contributed by atoms with van der Waals surface area (Å²) >= 11 is 2.13. The summed E-state index contributed by atoms with van der Waals surface area (Å²) in [6.07, 6.45) is 0. The molecule has 2 N–H and O–H groups in total. The van der Waals surface area contributed by atoms with Crippen molar-refractivity contribution in [3.05, 3.63) is 57.2 Å². The van der Waals surface area contributed by atoms with Gasteiger partial charge in [0.1, 0.15) is 5.75 Å². The second-order valence-electron chi connectivity index (χ2n) is 3.65. The predicted octanol–water partition coefficient (Wildman–Crippen LogP) is 3.82. The number of hydrogen-bond acceptors (Lipinski definition) is 2. The maximum atomic E-state index is 13.6. The predicted molar refractivity (Wildman–Crippen MR) is 73.5 cm³/mol. The molecule has 0 aliphatic rings. The smallest absolute Gasteiger partial charge is 0.198 e. The summed E-state index contributed by atoms with van der Waals surface area (Å²) in [5.74, 6) is -1.54. The summed E-state index contributed by atoms with van der Waals surface area (Å²) in [4.78, 5) is 0. The van der Waals surface area contributed by atoms with Gasteiger partial charge in [0, 0.05) is 10.1 Å².